The van der Waals surface area contributed by atoms with Gasteiger partial charge in [0.2, 0.25) is 0 Å². The summed E-state index contributed by atoms with van der Waals surface area (Å²) in [6, 6.07) is 0. The quantitative estimate of drug-likeness (QED) is 0.621. The second-order valence-corrected chi connectivity index (χ2v) is 6.74. The largest absolute Gasteiger partial charge is 0.534 e. The summed E-state index contributed by atoms with van der Waals surface area (Å²) >= 11 is 0. The fourth-order valence-electron chi connectivity index (χ4n) is 2.81. The minimum atomic E-state index is -5.73. The topological polar surface area (TPSA) is 83.9 Å². The van der Waals surface area contributed by atoms with Crippen LogP contribution in [-0.4, -0.2) is 43.1 Å². The maximum absolute atomic E-state index is 12.4. The zero-order valence-electron chi connectivity index (χ0n) is 10.9. The maximum atomic E-state index is 12.4. The van der Waals surface area contributed by atoms with E-state index >= 15 is 0 Å². The van der Waals surface area contributed by atoms with E-state index in [2.05, 4.69) is 4.18 Å². The first-order valence-electron chi connectivity index (χ1n) is 6.27. The third kappa shape index (κ3) is 2.94. The van der Waals surface area contributed by atoms with Gasteiger partial charge in [-0.25, -0.2) is 4.79 Å². The van der Waals surface area contributed by atoms with Crippen molar-refractivity contribution in [3.8, 4) is 0 Å². The van der Waals surface area contributed by atoms with Crippen LogP contribution in [0.3, 0.4) is 0 Å². The predicted molar refractivity (Wildman–Crippen MR) is 64.6 cm³/mol. The summed E-state index contributed by atoms with van der Waals surface area (Å²) in [6.45, 7) is -0.249. The van der Waals surface area contributed by atoms with Gasteiger partial charge in [-0.1, -0.05) is 12.8 Å². The molecular formula is C11H14F3NO5S. The van der Waals surface area contributed by atoms with Crippen molar-refractivity contribution < 1.29 is 35.7 Å². The lowest BCUT2D eigenvalue weighted by Gasteiger charge is -2.38. The summed E-state index contributed by atoms with van der Waals surface area (Å²) in [5.74, 6) is -0.283. The molecule has 1 N–H and O–H groups in total. The number of rotatable bonds is 2. The van der Waals surface area contributed by atoms with Gasteiger partial charge in [0.25, 0.3) is 0 Å². The molecule has 120 valence electrons. The van der Waals surface area contributed by atoms with Crippen molar-refractivity contribution in [3.63, 3.8) is 0 Å². The second kappa shape index (κ2) is 5.08. The van der Waals surface area contributed by atoms with Gasteiger partial charge in [0, 0.05) is 18.5 Å². The monoisotopic (exact) mass is 329 g/mol. The molecule has 0 aromatic carbocycles. The van der Waals surface area contributed by atoms with E-state index in [9.17, 15) is 26.4 Å². The molecule has 1 fully saturated rings. The zero-order chi connectivity index (χ0) is 15.9. The van der Waals surface area contributed by atoms with Gasteiger partial charge in [-0.15, -0.1) is 0 Å². The summed E-state index contributed by atoms with van der Waals surface area (Å²) < 4.78 is 63.9. The van der Waals surface area contributed by atoms with E-state index in [1.54, 1.807) is 0 Å². The third-order valence-corrected chi connectivity index (χ3v) is 4.79. The van der Waals surface area contributed by atoms with Gasteiger partial charge >= 0.3 is 21.7 Å². The molecule has 21 heavy (non-hydrogen) atoms. The highest BCUT2D eigenvalue weighted by Gasteiger charge is 2.52. The van der Waals surface area contributed by atoms with Gasteiger partial charge in [-0.05, 0) is 18.9 Å². The fourth-order valence-corrected chi connectivity index (χ4v) is 3.38. The van der Waals surface area contributed by atoms with Crippen molar-refractivity contribution in [3.05, 3.63) is 11.8 Å². The van der Waals surface area contributed by atoms with E-state index in [0.29, 0.717) is 25.7 Å². The van der Waals surface area contributed by atoms with Crippen LogP contribution in [0.1, 0.15) is 25.7 Å². The number of alkyl halides is 3. The minimum Gasteiger partial charge on any atom is -0.465 e. The van der Waals surface area contributed by atoms with Crippen LogP contribution in [-0.2, 0) is 14.3 Å². The molecular weight excluding hydrogens is 315 g/mol. The van der Waals surface area contributed by atoms with Gasteiger partial charge in [-0.3, -0.25) is 0 Å². The van der Waals surface area contributed by atoms with Crippen LogP contribution in [0.15, 0.2) is 11.8 Å². The molecule has 10 heteroatoms. The Hall–Kier alpha value is -1.45. The molecule has 1 amide bonds. The van der Waals surface area contributed by atoms with Crippen LogP contribution >= 0.6 is 0 Å². The Labute approximate surface area is 119 Å². The predicted octanol–water partition coefficient (Wildman–Crippen LogP) is 2.29. The van der Waals surface area contributed by atoms with Crippen molar-refractivity contribution in [2.24, 2.45) is 5.41 Å². The average molecular weight is 329 g/mol. The van der Waals surface area contributed by atoms with Crippen LogP contribution in [0.2, 0.25) is 0 Å². The van der Waals surface area contributed by atoms with Crippen LogP contribution in [0.25, 0.3) is 0 Å². The molecule has 0 radical (unpaired) electrons. The normalized spacial score (nSPS) is 22.2. The van der Waals surface area contributed by atoms with Crippen LogP contribution < -0.4 is 0 Å². The van der Waals surface area contributed by atoms with Crippen LogP contribution in [0.5, 0.6) is 0 Å². The number of hydrogen-bond donors (Lipinski definition) is 1. The highest BCUT2D eigenvalue weighted by Crippen LogP contribution is 2.48. The van der Waals surface area contributed by atoms with E-state index in [1.165, 1.54) is 0 Å². The molecule has 0 atom stereocenters. The molecule has 0 bridgehead atoms. The molecule has 0 saturated heterocycles. The number of amides is 1. The zero-order valence-corrected chi connectivity index (χ0v) is 11.7. The van der Waals surface area contributed by atoms with E-state index in [-0.39, 0.29) is 18.8 Å². The van der Waals surface area contributed by atoms with Gasteiger partial charge in [0.1, 0.15) is 5.76 Å². The lowest BCUT2D eigenvalue weighted by Crippen LogP contribution is -2.45. The molecule has 1 saturated carbocycles. The molecule has 0 aromatic heterocycles. The number of nitrogens with zero attached hydrogens (tertiary/aromatic N) is 1. The third-order valence-electron chi connectivity index (χ3n) is 3.83. The van der Waals surface area contributed by atoms with Gasteiger partial charge in [-0.2, -0.15) is 21.6 Å². The molecule has 0 unspecified atom stereocenters. The molecule has 1 aliphatic heterocycles. The SMILES string of the molecule is O=C(O)N1CC=C(OS(=O)(=O)C(F)(F)F)C2(CCCC2)C1. The first kappa shape index (κ1) is 15.9. The lowest BCUT2D eigenvalue weighted by molar-refractivity contribution is -0.0539. The molecule has 6 nitrogen and oxygen atoms in total. The van der Waals surface area contributed by atoms with Crippen LogP contribution in [0, 0.1) is 5.41 Å². The molecule has 1 heterocycles. The van der Waals surface area contributed by atoms with Gasteiger partial charge < -0.3 is 14.2 Å². The van der Waals surface area contributed by atoms with Crippen LogP contribution in [0.4, 0.5) is 18.0 Å². The van der Waals surface area contributed by atoms with Crippen molar-refractivity contribution in [2.45, 2.75) is 31.2 Å². The number of halogens is 3. The standard InChI is InChI=1S/C11H14F3NO5S/c12-11(13,14)21(18,19)20-8-3-6-15(9(16)17)7-10(8)4-1-2-5-10/h3H,1-2,4-7H2,(H,16,17). The average Bonchev–Trinajstić information content (AvgIpc) is 2.79. The Morgan fingerprint density at radius 1 is 1.33 bits per heavy atom. The number of hydrogen-bond acceptors (Lipinski definition) is 4. The smallest absolute Gasteiger partial charge is 0.465 e. The summed E-state index contributed by atoms with van der Waals surface area (Å²) in [4.78, 5) is 12.0. The van der Waals surface area contributed by atoms with E-state index in [1.807, 2.05) is 0 Å². The summed E-state index contributed by atoms with van der Waals surface area (Å²) in [6.07, 6.45) is 2.08. The highest BCUT2D eigenvalue weighted by atomic mass is 32.2. The van der Waals surface area contributed by atoms with Crippen molar-refractivity contribution in [1.29, 1.82) is 0 Å². The number of carboxylic acid groups (broad SMARTS) is 1. The Bertz CT molecular complexity index is 563. The van der Waals surface area contributed by atoms with Gasteiger partial charge in [0.05, 0.1) is 0 Å². The first-order chi connectivity index (χ1) is 9.57. The molecule has 2 aliphatic rings. The molecule has 1 aliphatic carbocycles. The lowest BCUT2D eigenvalue weighted by atomic mass is 9.81. The molecule has 0 aromatic rings. The Morgan fingerprint density at radius 3 is 2.38 bits per heavy atom. The Kier molecular flexibility index (Phi) is 3.85. The van der Waals surface area contributed by atoms with E-state index in [4.69, 9.17) is 5.11 Å². The van der Waals surface area contributed by atoms with Gasteiger partial charge in [0.15, 0.2) is 0 Å². The highest BCUT2D eigenvalue weighted by molar-refractivity contribution is 7.87. The Balaban J connectivity index is 2.31. The maximum Gasteiger partial charge on any atom is 0.534 e. The van der Waals surface area contributed by atoms with Crippen molar-refractivity contribution in [2.75, 3.05) is 13.1 Å². The minimum absolute atomic E-state index is 0.0540. The molecule has 2 rings (SSSR count). The molecule has 1 spiro atoms. The van der Waals surface area contributed by atoms with Crippen molar-refractivity contribution >= 4 is 16.2 Å². The van der Waals surface area contributed by atoms with E-state index < -0.39 is 27.1 Å². The fraction of sp³-hybridized carbons (Fsp3) is 0.727. The number of carbonyl (C=O) groups is 1. The Morgan fingerprint density at radius 2 is 1.90 bits per heavy atom. The summed E-state index contributed by atoms with van der Waals surface area (Å²) in [5.41, 5.74) is -6.48. The summed E-state index contributed by atoms with van der Waals surface area (Å²) in [7, 11) is -5.73. The second-order valence-electron chi connectivity index (χ2n) is 5.20. The van der Waals surface area contributed by atoms with Crippen molar-refractivity contribution in [1.82, 2.24) is 4.90 Å². The van der Waals surface area contributed by atoms with E-state index in [0.717, 1.165) is 11.0 Å². The summed E-state index contributed by atoms with van der Waals surface area (Å²) in [5, 5.41) is 8.99. The first-order valence-corrected chi connectivity index (χ1v) is 7.67.